The van der Waals surface area contributed by atoms with E-state index in [1.807, 2.05) is 37.3 Å². The monoisotopic (exact) mass is 557 g/mol. The van der Waals surface area contributed by atoms with Crippen molar-refractivity contribution in [2.24, 2.45) is 5.10 Å². The van der Waals surface area contributed by atoms with Gasteiger partial charge in [0, 0.05) is 19.2 Å². The maximum atomic E-state index is 12.8. The fraction of sp³-hybridized carbons (Fsp3) is 0.161. The minimum atomic E-state index is -3.63. The molecule has 0 saturated heterocycles. The number of nitrogens with one attached hydrogen (secondary N) is 1. The van der Waals surface area contributed by atoms with E-state index < -0.39 is 15.9 Å². The van der Waals surface area contributed by atoms with Gasteiger partial charge in [0.05, 0.1) is 18.2 Å². The Morgan fingerprint density at radius 3 is 2.27 bits per heavy atom. The quantitative estimate of drug-likeness (QED) is 0.203. The number of hydrogen-bond acceptors (Lipinski definition) is 6. The Hall–Kier alpha value is -4.47. The topological polar surface area (TPSA) is 97.3 Å². The van der Waals surface area contributed by atoms with Crippen LogP contribution in [0.3, 0.4) is 0 Å². The summed E-state index contributed by atoms with van der Waals surface area (Å²) in [7, 11) is -0.522. The summed E-state index contributed by atoms with van der Waals surface area (Å²) >= 11 is 0. The molecule has 4 rings (SSSR count). The highest BCUT2D eigenvalue weighted by Gasteiger charge is 2.20. The molecule has 0 aliphatic heterocycles. The van der Waals surface area contributed by atoms with Crippen molar-refractivity contribution in [1.82, 2.24) is 9.73 Å². The van der Waals surface area contributed by atoms with Crippen LogP contribution in [-0.4, -0.2) is 39.0 Å². The predicted octanol–water partition coefficient (Wildman–Crippen LogP) is 5.17. The SMILES string of the molecule is COc1ccc(/C=N\NC(=O)c2ccc(CN(C)S(=O)(=O)c3ccc(C)cc3)cc2)cc1OCc1ccccc1. The van der Waals surface area contributed by atoms with Gasteiger partial charge in [0.25, 0.3) is 5.91 Å². The molecule has 1 amide bonds. The first-order valence-electron chi connectivity index (χ1n) is 12.6. The Kier molecular flexibility index (Phi) is 9.31. The van der Waals surface area contributed by atoms with Crippen molar-refractivity contribution in [3.63, 3.8) is 0 Å². The highest BCUT2D eigenvalue weighted by atomic mass is 32.2. The largest absolute Gasteiger partial charge is 0.493 e. The van der Waals surface area contributed by atoms with E-state index in [9.17, 15) is 13.2 Å². The summed E-state index contributed by atoms with van der Waals surface area (Å²) in [5.41, 5.74) is 6.40. The maximum Gasteiger partial charge on any atom is 0.271 e. The van der Waals surface area contributed by atoms with Gasteiger partial charge in [-0.2, -0.15) is 9.41 Å². The number of carbonyl (C=O) groups excluding carboxylic acids is 1. The number of nitrogens with zero attached hydrogens (tertiary/aromatic N) is 2. The van der Waals surface area contributed by atoms with Gasteiger partial charge in [-0.25, -0.2) is 13.8 Å². The van der Waals surface area contributed by atoms with Crippen molar-refractivity contribution < 1.29 is 22.7 Å². The minimum absolute atomic E-state index is 0.169. The molecule has 0 heterocycles. The zero-order valence-corrected chi connectivity index (χ0v) is 23.4. The van der Waals surface area contributed by atoms with Crippen LogP contribution in [0.1, 0.15) is 32.6 Å². The van der Waals surface area contributed by atoms with E-state index in [0.717, 1.165) is 22.3 Å². The zero-order chi connectivity index (χ0) is 28.5. The van der Waals surface area contributed by atoms with Crippen LogP contribution >= 0.6 is 0 Å². The van der Waals surface area contributed by atoms with E-state index in [1.54, 1.807) is 73.8 Å². The molecule has 4 aromatic carbocycles. The average Bonchev–Trinajstić information content (AvgIpc) is 2.97. The number of rotatable bonds is 11. The lowest BCUT2D eigenvalue weighted by Crippen LogP contribution is -2.26. The standard InChI is InChI=1S/C31H31N3O5S/c1-23-9-16-28(17-10-23)40(36,37)34(2)21-24-11-14-27(15-12-24)31(35)33-32-20-26-13-18-29(38-3)30(19-26)39-22-25-7-5-4-6-8-25/h4-20H,21-22H2,1-3H3,(H,33,35)/b32-20-. The second-order valence-corrected chi connectivity index (χ2v) is 11.2. The molecule has 0 aliphatic rings. The van der Waals surface area contributed by atoms with Crippen LogP contribution in [0, 0.1) is 6.92 Å². The number of hydrogen-bond donors (Lipinski definition) is 1. The Morgan fingerprint density at radius 1 is 0.900 bits per heavy atom. The molecule has 0 spiro atoms. The molecular weight excluding hydrogens is 526 g/mol. The lowest BCUT2D eigenvalue weighted by Gasteiger charge is -2.17. The second-order valence-electron chi connectivity index (χ2n) is 9.15. The van der Waals surface area contributed by atoms with E-state index in [2.05, 4.69) is 10.5 Å². The number of sulfonamides is 1. The first-order valence-corrected chi connectivity index (χ1v) is 14.0. The van der Waals surface area contributed by atoms with E-state index in [1.165, 1.54) is 17.6 Å². The fourth-order valence-electron chi connectivity index (χ4n) is 3.85. The molecule has 9 heteroatoms. The third-order valence-corrected chi connectivity index (χ3v) is 7.97. The van der Waals surface area contributed by atoms with Gasteiger partial charge in [0.1, 0.15) is 6.61 Å². The lowest BCUT2D eigenvalue weighted by atomic mass is 10.1. The molecule has 0 unspecified atom stereocenters. The van der Waals surface area contributed by atoms with Crippen molar-refractivity contribution in [3.05, 3.63) is 125 Å². The highest BCUT2D eigenvalue weighted by molar-refractivity contribution is 7.89. The summed E-state index contributed by atoms with van der Waals surface area (Å²) in [6, 6.07) is 28.6. The van der Waals surface area contributed by atoms with Crippen LogP contribution in [0.25, 0.3) is 0 Å². The van der Waals surface area contributed by atoms with Gasteiger partial charge in [-0.05, 0) is 66.1 Å². The van der Waals surface area contributed by atoms with Gasteiger partial charge in [-0.1, -0.05) is 60.2 Å². The predicted molar refractivity (Wildman–Crippen MR) is 155 cm³/mol. The third kappa shape index (κ3) is 7.34. The normalized spacial score (nSPS) is 11.5. The molecule has 1 N–H and O–H groups in total. The Labute approximate surface area is 234 Å². The molecule has 8 nitrogen and oxygen atoms in total. The number of carbonyl (C=O) groups is 1. The van der Waals surface area contributed by atoms with Crippen molar-refractivity contribution in [2.75, 3.05) is 14.2 Å². The zero-order valence-electron chi connectivity index (χ0n) is 22.6. The minimum Gasteiger partial charge on any atom is -0.493 e. The molecule has 206 valence electrons. The lowest BCUT2D eigenvalue weighted by molar-refractivity contribution is 0.0955. The molecular formula is C31H31N3O5S. The molecule has 0 bridgehead atoms. The van der Waals surface area contributed by atoms with Crippen LogP contribution in [0.5, 0.6) is 11.5 Å². The van der Waals surface area contributed by atoms with E-state index in [0.29, 0.717) is 23.7 Å². The van der Waals surface area contributed by atoms with Gasteiger partial charge in [0.15, 0.2) is 11.5 Å². The Bertz CT molecular complexity index is 1570. The van der Waals surface area contributed by atoms with Gasteiger partial charge >= 0.3 is 0 Å². The van der Waals surface area contributed by atoms with Gasteiger partial charge < -0.3 is 9.47 Å². The Morgan fingerprint density at radius 2 is 1.60 bits per heavy atom. The molecule has 40 heavy (non-hydrogen) atoms. The molecule has 0 atom stereocenters. The van der Waals surface area contributed by atoms with Crippen LogP contribution in [0.4, 0.5) is 0 Å². The van der Waals surface area contributed by atoms with Gasteiger partial charge in [0.2, 0.25) is 10.0 Å². The van der Waals surface area contributed by atoms with Crippen LogP contribution in [0.15, 0.2) is 107 Å². The molecule has 0 fully saturated rings. The molecule has 4 aromatic rings. The van der Waals surface area contributed by atoms with E-state index in [4.69, 9.17) is 9.47 Å². The number of methoxy groups -OCH3 is 1. The second kappa shape index (κ2) is 13.1. The van der Waals surface area contributed by atoms with Crippen LogP contribution in [0.2, 0.25) is 0 Å². The molecule has 0 aliphatic carbocycles. The van der Waals surface area contributed by atoms with Crippen LogP contribution < -0.4 is 14.9 Å². The average molecular weight is 558 g/mol. The third-order valence-electron chi connectivity index (χ3n) is 6.16. The highest BCUT2D eigenvalue weighted by Crippen LogP contribution is 2.28. The molecule has 0 saturated carbocycles. The van der Waals surface area contributed by atoms with Crippen molar-refractivity contribution in [3.8, 4) is 11.5 Å². The first kappa shape index (κ1) is 28.5. The number of ether oxygens (including phenoxy) is 2. The summed E-state index contributed by atoms with van der Waals surface area (Å²) in [5.74, 6) is 0.763. The number of aryl methyl sites for hydroxylation is 1. The number of hydrazone groups is 1. The van der Waals surface area contributed by atoms with Gasteiger partial charge in [-0.15, -0.1) is 0 Å². The Balaban J connectivity index is 1.34. The summed E-state index contributed by atoms with van der Waals surface area (Å²) in [6.07, 6.45) is 1.52. The molecule has 0 aromatic heterocycles. The number of amides is 1. The summed E-state index contributed by atoms with van der Waals surface area (Å²) < 4.78 is 38.3. The van der Waals surface area contributed by atoms with Crippen molar-refractivity contribution in [1.29, 1.82) is 0 Å². The van der Waals surface area contributed by atoms with Gasteiger partial charge in [-0.3, -0.25) is 4.79 Å². The number of benzene rings is 4. The molecule has 0 radical (unpaired) electrons. The summed E-state index contributed by atoms with van der Waals surface area (Å²) in [5, 5.41) is 4.07. The van der Waals surface area contributed by atoms with Crippen LogP contribution in [-0.2, 0) is 23.2 Å². The van der Waals surface area contributed by atoms with Crippen molar-refractivity contribution in [2.45, 2.75) is 25.0 Å². The first-order chi connectivity index (χ1) is 19.3. The summed E-state index contributed by atoms with van der Waals surface area (Å²) in [6.45, 7) is 2.46. The van der Waals surface area contributed by atoms with Crippen molar-refractivity contribution >= 4 is 22.1 Å². The van der Waals surface area contributed by atoms with E-state index >= 15 is 0 Å². The maximum absolute atomic E-state index is 12.8. The smallest absolute Gasteiger partial charge is 0.271 e. The summed E-state index contributed by atoms with van der Waals surface area (Å²) in [4.78, 5) is 12.8. The van der Waals surface area contributed by atoms with E-state index in [-0.39, 0.29) is 11.4 Å². The fourth-order valence-corrected chi connectivity index (χ4v) is 5.00.